The van der Waals surface area contributed by atoms with Crippen molar-refractivity contribution in [3.8, 4) is 5.75 Å². The number of aromatic nitrogens is 1. The summed E-state index contributed by atoms with van der Waals surface area (Å²) in [6.07, 6.45) is 0. The number of carboxylic acids is 1. The van der Waals surface area contributed by atoms with Gasteiger partial charge in [-0.2, -0.15) is 0 Å². The minimum atomic E-state index is -1.08. The second-order valence-electron chi connectivity index (χ2n) is 4.61. The lowest BCUT2D eigenvalue weighted by Crippen LogP contribution is -2.13. The molecule has 0 saturated heterocycles. The lowest BCUT2D eigenvalue weighted by Gasteiger charge is -2.07. The van der Waals surface area contributed by atoms with Crippen LogP contribution < -0.4 is 10.1 Å². The molecule has 2 rings (SSSR count). The standard InChI is InChI=1S/C15H16N2O4/c1-8-12(9(2)16-13(8)15(19)20)14(18)17-10-4-6-11(21-3)7-5-10/h4-7,16H,1-3H3,(H,17,18)(H,19,20). The third-order valence-corrected chi connectivity index (χ3v) is 3.23. The third kappa shape index (κ3) is 2.89. The van der Waals surface area contributed by atoms with E-state index in [9.17, 15) is 9.59 Å². The van der Waals surface area contributed by atoms with E-state index in [4.69, 9.17) is 9.84 Å². The Hall–Kier alpha value is -2.76. The van der Waals surface area contributed by atoms with Crippen LogP contribution >= 0.6 is 0 Å². The highest BCUT2D eigenvalue weighted by molar-refractivity contribution is 6.08. The van der Waals surface area contributed by atoms with Gasteiger partial charge in [0, 0.05) is 11.4 Å². The van der Waals surface area contributed by atoms with Crippen LogP contribution in [0.2, 0.25) is 0 Å². The molecule has 0 spiro atoms. The maximum atomic E-state index is 12.3. The van der Waals surface area contributed by atoms with Crippen molar-refractivity contribution >= 4 is 17.6 Å². The highest BCUT2D eigenvalue weighted by atomic mass is 16.5. The predicted molar refractivity (Wildman–Crippen MR) is 78.2 cm³/mol. The van der Waals surface area contributed by atoms with Crippen LogP contribution in [0.3, 0.4) is 0 Å². The van der Waals surface area contributed by atoms with Gasteiger partial charge in [-0.15, -0.1) is 0 Å². The Bertz CT molecular complexity index is 686. The molecule has 6 nitrogen and oxygen atoms in total. The Morgan fingerprint density at radius 2 is 1.81 bits per heavy atom. The minimum absolute atomic E-state index is 0.0346. The molecule has 0 fully saturated rings. The van der Waals surface area contributed by atoms with Gasteiger partial charge in [0.25, 0.3) is 5.91 Å². The molecular weight excluding hydrogens is 272 g/mol. The Morgan fingerprint density at radius 3 is 2.29 bits per heavy atom. The summed E-state index contributed by atoms with van der Waals surface area (Å²) in [4.78, 5) is 26.1. The molecule has 6 heteroatoms. The minimum Gasteiger partial charge on any atom is -0.497 e. The van der Waals surface area contributed by atoms with Gasteiger partial charge in [0.1, 0.15) is 11.4 Å². The molecule has 2 aromatic rings. The summed E-state index contributed by atoms with van der Waals surface area (Å²) in [6, 6.07) is 6.89. The molecule has 21 heavy (non-hydrogen) atoms. The van der Waals surface area contributed by atoms with E-state index < -0.39 is 5.97 Å². The molecule has 0 saturated carbocycles. The van der Waals surface area contributed by atoms with Gasteiger partial charge in [-0.1, -0.05) is 0 Å². The van der Waals surface area contributed by atoms with Gasteiger partial charge in [-0.05, 0) is 43.7 Å². The van der Waals surface area contributed by atoms with Crippen LogP contribution in [0, 0.1) is 13.8 Å². The molecule has 1 aromatic carbocycles. The second kappa shape index (κ2) is 5.70. The summed E-state index contributed by atoms with van der Waals surface area (Å²) in [5.74, 6) is -0.742. The molecule has 110 valence electrons. The molecule has 0 atom stereocenters. The van der Waals surface area contributed by atoms with Crippen molar-refractivity contribution in [1.29, 1.82) is 0 Å². The first kappa shape index (κ1) is 14.6. The van der Waals surface area contributed by atoms with Crippen molar-refractivity contribution in [2.24, 2.45) is 0 Å². The normalized spacial score (nSPS) is 10.2. The highest BCUT2D eigenvalue weighted by Crippen LogP contribution is 2.21. The van der Waals surface area contributed by atoms with Gasteiger partial charge in [0.05, 0.1) is 12.7 Å². The van der Waals surface area contributed by atoms with E-state index in [2.05, 4.69) is 10.3 Å². The number of hydrogen-bond donors (Lipinski definition) is 3. The zero-order chi connectivity index (χ0) is 15.6. The van der Waals surface area contributed by atoms with Crippen LogP contribution in [0.25, 0.3) is 0 Å². The van der Waals surface area contributed by atoms with Crippen LogP contribution in [-0.4, -0.2) is 29.1 Å². The quantitative estimate of drug-likeness (QED) is 0.806. The van der Waals surface area contributed by atoms with Crippen LogP contribution in [0.4, 0.5) is 5.69 Å². The lowest BCUT2D eigenvalue weighted by atomic mass is 10.1. The van der Waals surface area contributed by atoms with Gasteiger partial charge in [-0.3, -0.25) is 4.79 Å². The molecule has 1 heterocycles. The number of carbonyl (C=O) groups excluding carboxylic acids is 1. The molecule has 0 aliphatic heterocycles. The Balaban J connectivity index is 2.26. The van der Waals surface area contributed by atoms with E-state index in [1.807, 2.05) is 0 Å². The van der Waals surface area contributed by atoms with E-state index in [1.54, 1.807) is 45.2 Å². The lowest BCUT2D eigenvalue weighted by molar-refractivity contribution is 0.0690. The average Bonchev–Trinajstić information content (AvgIpc) is 2.75. The molecule has 1 aromatic heterocycles. The predicted octanol–water partition coefficient (Wildman–Crippen LogP) is 2.59. The van der Waals surface area contributed by atoms with E-state index in [0.717, 1.165) is 0 Å². The summed E-state index contributed by atoms with van der Waals surface area (Å²) in [5, 5.41) is 11.8. The average molecular weight is 288 g/mol. The Morgan fingerprint density at radius 1 is 1.19 bits per heavy atom. The number of carboxylic acid groups (broad SMARTS) is 1. The number of benzene rings is 1. The van der Waals surface area contributed by atoms with Crippen molar-refractivity contribution in [2.45, 2.75) is 13.8 Å². The maximum Gasteiger partial charge on any atom is 0.352 e. The molecule has 1 amide bonds. The monoisotopic (exact) mass is 288 g/mol. The number of anilines is 1. The van der Waals surface area contributed by atoms with Gasteiger partial charge < -0.3 is 20.1 Å². The summed E-state index contributed by atoms with van der Waals surface area (Å²) < 4.78 is 5.04. The number of hydrogen-bond acceptors (Lipinski definition) is 3. The van der Waals surface area contributed by atoms with Gasteiger partial charge in [-0.25, -0.2) is 4.79 Å². The SMILES string of the molecule is COc1ccc(NC(=O)c2c(C)[nH]c(C(=O)O)c2C)cc1. The van der Waals surface area contributed by atoms with Crippen molar-refractivity contribution in [3.05, 3.63) is 46.8 Å². The van der Waals surface area contributed by atoms with Crippen LogP contribution in [0.15, 0.2) is 24.3 Å². The summed E-state index contributed by atoms with van der Waals surface area (Å²) in [6.45, 7) is 3.28. The molecule has 3 N–H and O–H groups in total. The molecule has 0 aliphatic rings. The molecule has 0 aliphatic carbocycles. The number of aryl methyl sites for hydroxylation is 1. The fourth-order valence-corrected chi connectivity index (χ4v) is 2.17. The number of aromatic amines is 1. The topological polar surface area (TPSA) is 91.4 Å². The maximum absolute atomic E-state index is 12.3. The summed E-state index contributed by atoms with van der Waals surface area (Å²) in [7, 11) is 1.56. The Labute approximate surface area is 121 Å². The van der Waals surface area contributed by atoms with Crippen LogP contribution in [0.5, 0.6) is 5.75 Å². The number of nitrogens with one attached hydrogen (secondary N) is 2. The third-order valence-electron chi connectivity index (χ3n) is 3.23. The fraction of sp³-hybridized carbons (Fsp3) is 0.200. The van der Waals surface area contributed by atoms with E-state index in [1.165, 1.54) is 0 Å². The summed E-state index contributed by atoms with van der Waals surface area (Å²) in [5.41, 5.74) is 1.94. The second-order valence-corrected chi connectivity index (χ2v) is 4.61. The largest absolute Gasteiger partial charge is 0.497 e. The number of carbonyl (C=O) groups is 2. The zero-order valence-corrected chi connectivity index (χ0v) is 12.0. The van der Waals surface area contributed by atoms with Gasteiger partial charge in [0.15, 0.2) is 0 Å². The molecule has 0 unspecified atom stereocenters. The number of rotatable bonds is 4. The van der Waals surface area contributed by atoms with Crippen LogP contribution in [-0.2, 0) is 0 Å². The zero-order valence-electron chi connectivity index (χ0n) is 12.0. The van der Waals surface area contributed by atoms with Crippen molar-refractivity contribution in [2.75, 3.05) is 12.4 Å². The van der Waals surface area contributed by atoms with E-state index >= 15 is 0 Å². The van der Waals surface area contributed by atoms with E-state index in [-0.39, 0.29) is 11.6 Å². The number of aromatic carboxylic acids is 1. The van der Waals surface area contributed by atoms with Crippen molar-refractivity contribution in [1.82, 2.24) is 4.98 Å². The van der Waals surface area contributed by atoms with Crippen LogP contribution in [0.1, 0.15) is 32.1 Å². The number of H-pyrrole nitrogens is 1. The number of methoxy groups -OCH3 is 1. The highest BCUT2D eigenvalue weighted by Gasteiger charge is 2.21. The van der Waals surface area contributed by atoms with E-state index in [0.29, 0.717) is 28.3 Å². The van der Waals surface area contributed by atoms with Crippen molar-refractivity contribution < 1.29 is 19.4 Å². The summed E-state index contributed by atoms with van der Waals surface area (Å²) >= 11 is 0. The smallest absolute Gasteiger partial charge is 0.352 e. The molecule has 0 radical (unpaired) electrons. The Kier molecular flexibility index (Phi) is 3.98. The number of ether oxygens (including phenoxy) is 1. The first-order chi connectivity index (χ1) is 9.93. The first-order valence-electron chi connectivity index (χ1n) is 6.32. The molecular formula is C15H16N2O4. The molecule has 0 bridgehead atoms. The first-order valence-corrected chi connectivity index (χ1v) is 6.32. The number of amides is 1. The fourth-order valence-electron chi connectivity index (χ4n) is 2.17. The van der Waals surface area contributed by atoms with Gasteiger partial charge in [0.2, 0.25) is 0 Å². The van der Waals surface area contributed by atoms with Crippen molar-refractivity contribution in [3.63, 3.8) is 0 Å². The van der Waals surface area contributed by atoms with Gasteiger partial charge >= 0.3 is 5.97 Å².